The van der Waals surface area contributed by atoms with Crippen LogP contribution in [0, 0.1) is 17.8 Å². The van der Waals surface area contributed by atoms with Crippen molar-refractivity contribution in [2.75, 3.05) is 33.4 Å². The van der Waals surface area contributed by atoms with Crippen molar-refractivity contribution in [3.05, 3.63) is 0 Å². The predicted octanol–water partition coefficient (Wildman–Crippen LogP) is 2.50. The molecule has 2 aliphatic rings. The third-order valence-electron chi connectivity index (χ3n) is 5.62. The van der Waals surface area contributed by atoms with E-state index < -0.39 is 0 Å². The number of rotatable bonds is 4. The lowest BCUT2D eigenvalue weighted by Crippen LogP contribution is -2.62. The molecule has 2 rings (SSSR count). The zero-order valence-electron chi connectivity index (χ0n) is 13.0. The van der Waals surface area contributed by atoms with Gasteiger partial charge in [0.15, 0.2) is 0 Å². The zero-order chi connectivity index (χ0) is 13.9. The molecular weight excluding hydrogens is 236 g/mol. The lowest BCUT2D eigenvalue weighted by molar-refractivity contribution is -0.0383. The van der Waals surface area contributed by atoms with Gasteiger partial charge in [0.25, 0.3) is 0 Å². The van der Waals surface area contributed by atoms with Crippen LogP contribution in [-0.4, -0.2) is 43.8 Å². The highest BCUT2D eigenvalue weighted by Gasteiger charge is 2.45. The van der Waals surface area contributed by atoms with Gasteiger partial charge in [0.2, 0.25) is 0 Å². The van der Waals surface area contributed by atoms with Crippen LogP contribution in [-0.2, 0) is 4.74 Å². The quantitative estimate of drug-likeness (QED) is 0.851. The van der Waals surface area contributed by atoms with Crippen molar-refractivity contribution in [1.82, 2.24) is 4.90 Å². The van der Waals surface area contributed by atoms with Crippen molar-refractivity contribution >= 4 is 0 Å². The number of piperidine rings is 1. The van der Waals surface area contributed by atoms with E-state index in [1.807, 2.05) is 7.11 Å². The average molecular weight is 268 g/mol. The molecule has 1 aliphatic carbocycles. The highest BCUT2D eigenvalue weighted by atomic mass is 16.5. The molecule has 0 radical (unpaired) electrons. The van der Waals surface area contributed by atoms with Gasteiger partial charge in [-0.05, 0) is 50.0 Å². The lowest BCUT2D eigenvalue weighted by atomic mass is 9.68. The Bertz CT molecular complexity index is 282. The minimum Gasteiger partial charge on any atom is -0.384 e. The van der Waals surface area contributed by atoms with Crippen LogP contribution in [0.1, 0.15) is 46.0 Å². The van der Waals surface area contributed by atoms with Gasteiger partial charge in [0.1, 0.15) is 0 Å². The fourth-order valence-electron chi connectivity index (χ4n) is 4.41. The number of nitrogens with zero attached hydrogens (tertiary/aromatic N) is 1. The molecule has 1 saturated heterocycles. The van der Waals surface area contributed by atoms with Gasteiger partial charge in [-0.2, -0.15) is 0 Å². The lowest BCUT2D eigenvalue weighted by Gasteiger charge is -2.54. The average Bonchev–Trinajstić information content (AvgIpc) is 2.42. The molecule has 0 bridgehead atoms. The Balaban J connectivity index is 2.10. The van der Waals surface area contributed by atoms with Crippen LogP contribution in [0.2, 0.25) is 0 Å². The van der Waals surface area contributed by atoms with Crippen LogP contribution in [0.3, 0.4) is 0 Å². The minimum absolute atomic E-state index is 0.254. The zero-order valence-corrected chi connectivity index (χ0v) is 13.0. The molecule has 2 fully saturated rings. The van der Waals surface area contributed by atoms with Gasteiger partial charge in [-0.25, -0.2) is 0 Å². The first-order chi connectivity index (χ1) is 9.12. The Morgan fingerprint density at radius 1 is 1.26 bits per heavy atom. The minimum atomic E-state index is 0.254. The summed E-state index contributed by atoms with van der Waals surface area (Å²) in [5.41, 5.74) is 6.52. The van der Waals surface area contributed by atoms with Crippen LogP contribution in [0.15, 0.2) is 0 Å². The van der Waals surface area contributed by atoms with Gasteiger partial charge >= 0.3 is 0 Å². The molecule has 112 valence electrons. The molecule has 0 amide bonds. The Hall–Kier alpha value is -0.120. The maximum atomic E-state index is 6.27. The highest BCUT2D eigenvalue weighted by Crippen LogP contribution is 2.42. The SMILES string of the molecule is COCC1CCCN(C2(CN)CC(C)CCC2C)C1. The van der Waals surface area contributed by atoms with Crippen LogP contribution >= 0.6 is 0 Å². The van der Waals surface area contributed by atoms with Crippen LogP contribution in [0.25, 0.3) is 0 Å². The molecule has 1 heterocycles. The third kappa shape index (κ3) is 3.14. The van der Waals surface area contributed by atoms with E-state index in [1.54, 1.807) is 0 Å². The van der Waals surface area contributed by atoms with Crippen molar-refractivity contribution < 1.29 is 4.74 Å². The van der Waals surface area contributed by atoms with Crippen molar-refractivity contribution in [3.63, 3.8) is 0 Å². The predicted molar refractivity (Wildman–Crippen MR) is 80.1 cm³/mol. The summed E-state index contributed by atoms with van der Waals surface area (Å²) in [6, 6.07) is 0. The van der Waals surface area contributed by atoms with E-state index in [0.29, 0.717) is 5.92 Å². The summed E-state index contributed by atoms with van der Waals surface area (Å²) in [7, 11) is 1.82. The Labute approximate surface area is 118 Å². The molecule has 3 heteroatoms. The summed E-state index contributed by atoms with van der Waals surface area (Å²) in [4.78, 5) is 2.72. The van der Waals surface area contributed by atoms with Gasteiger partial charge in [-0.1, -0.05) is 20.3 Å². The number of nitrogens with two attached hydrogens (primary N) is 1. The van der Waals surface area contributed by atoms with Gasteiger partial charge < -0.3 is 10.5 Å². The van der Waals surface area contributed by atoms with E-state index in [-0.39, 0.29) is 5.54 Å². The number of hydrogen-bond acceptors (Lipinski definition) is 3. The summed E-state index contributed by atoms with van der Waals surface area (Å²) in [6.07, 6.45) is 6.61. The summed E-state index contributed by atoms with van der Waals surface area (Å²) in [5.74, 6) is 2.25. The van der Waals surface area contributed by atoms with Gasteiger partial charge in [0, 0.05) is 25.7 Å². The second-order valence-electron chi connectivity index (χ2n) is 7.01. The summed E-state index contributed by atoms with van der Waals surface area (Å²) in [5, 5.41) is 0. The van der Waals surface area contributed by atoms with Gasteiger partial charge in [0.05, 0.1) is 6.61 Å². The molecule has 0 spiro atoms. The van der Waals surface area contributed by atoms with E-state index in [2.05, 4.69) is 18.7 Å². The standard InChI is InChI=1S/C16H32N2O/c1-13-6-7-14(2)16(9-13,12-17)18-8-4-5-15(10-18)11-19-3/h13-15H,4-12,17H2,1-3H3. The largest absolute Gasteiger partial charge is 0.384 e. The normalized spacial score (nSPS) is 41.4. The van der Waals surface area contributed by atoms with Gasteiger partial charge in [-0.15, -0.1) is 0 Å². The molecule has 0 aromatic heterocycles. The molecule has 3 nitrogen and oxygen atoms in total. The van der Waals surface area contributed by atoms with Gasteiger partial charge in [-0.3, -0.25) is 4.90 Å². The van der Waals surface area contributed by atoms with Crippen LogP contribution in [0.5, 0.6) is 0 Å². The molecule has 2 N–H and O–H groups in total. The van der Waals surface area contributed by atoms with Crippen molar-refractivity contribution in [3.8, 4) is 0 Å². The van der Waals surface area contributed by atoms with Crippen molar-refractivity contribution in [2.24, 2.45) is 23.5 Å². The molecule has 1 saturated carbocycles. The van der Waals surface area contributed by atoms with Crippen molar-refractivity contribution in [2.45, 2.75) is 51.5 Å². The van der Waals surface area contributed by atoms with Crippen LogP contribution in [0.4, 0.5) is 0 Å². The van der Waals surface area contributed by atoms with E-state index >= 15 is 0 Å². The highest BCUT2D eigenvalue weighted by molar-refractivity contribution is 5.01. The topological polar surface area (TPSA) is 38.5 Å². The maximum absolute atomic E-state index is 6.27. The molecule has 0 aromatic carbocycles. The number of likely N-dealkylation sites (tertiary alicyclic amines) is 1. The first kappa shape index (κ1) is 15.3. The second kappa shape index (κ2) is 6.55. The van der Waals surface area contributed by atoms with E-state index in [1.165, 1.54) is 45.2 Å². The molecule has 4 atom stereocenters. The maximum Gasteiger partial charge on any atom is 0.0502 e. The Morgan fingerprint density at radius 3 is 2.74 bits per heavy atom. The first-order valence-electron chi connectivity index (χ1n) is 8.06. The second-order valence-corrected chi connectivity index (χ2v) is 7.01. The Morgan fingerprint density at radius 2 is 2.05 bits per heavy atom. The first-order valence-corrected chi connectivity index (χ1v) is 8.06. The number of ether oxygens (including phenoxy) is 1. The van der Waals surface area contributed by atoms with Crippen molar-refractivity contribution in [1.29, 1.82) is 0 Å². The fraction of sp³-hybridized carbons (Fsp3) is 1.00. The van der Waals surface area contributed by atoms with E-state index in [0.717, 1.165) is 25.0 Å². The summed E-state index contributed by atoms with van der Waals surface area (Å²) in [6.45, 7) is 8.95. The number of methoxy groups -OCH3 is 1. The number of hydrogen-bond donors (Lipinski definition) is 1. The fourth-order valence-corrected chi connectivity index (χ4v) is 4.41. The Kier molecular flexibility index (Phi) is 5.27. The van der Waals surface area contributed by atoms with E-state index in [9.17, 15) is 0 Å². The third-order valence-corrected chi connectivity index (χ3v) is 5.62. The molecule has 0 aromatic rings. The summed E-state index contributed by atoms with van der Waals surface area (Å²) < 4.78 is 5.37. The van der Waals surface area contributed by atoms with Crippen LogP contribution < -0.4 is 5.73 Å². The molecule has 19 heavy (non-hydrogen) atoms. The molecule has 4 unspecified atom stereocenters. The smallest absolute Gasteiger partial charge is 0.0502 e. The molecule has 1 aliphatic heterocycles. The molecular formula is C16H32N2O. The summed E-state index contributed by atoms with van der Waals surface area (Å²) >= 11 is 0. The van der Waals surface area contributed by atoms with E-state index in [4.69, 9.17) is 10.5 Å². The monoisotopic (exact) mass is 268 g/mol.